The fraction of sp³-hybridized carbons (Fsp3) is 0.310. The number of allylic oxidation sites excluding steroid dienone is 2. The number of nitrogens with one attached hydrogen (secondary N) is 1. The molecule has 3 aliphatic rings. The number of ether oxygens (including phenoxy) is 1. The molecule has 0 bridgehead atoms. The van der Waals surface area contributed by atoms with Crippen LogP contribution in [0.3, 0.4) is 0 Å². The Balaban J connectivity index is 1.40. The number of nitrogens with two attached hydrogens (primary N) is 1. The van der Waals surface area contributed by atoms with Gasteiger partial charge in [0.25, 0.3) is 0 Å². The Morgan fingerprint density at radius 1 is 1.33 bits per heavy atom. The molecule has 5 rings (SSSR count). The predicted molar refractivity (Wildman–Crippen MR) is 154 cm³/mol. The zero-order chi connectivity index (χ0) is 27.7. The maximum atomic E-state index is 13.7. The van der Waals surface area contributed by atoms with E-state index >= 15 is 0 Å². The molecule has 1 aliphatic carbocycles. The summed E-state index contributed by atoms with van der Waals surface area (Å²) >= 11 is -4.13. The van der Waals surface area contributed by atoms with Gasteiger partial charge in [-0.1, -0.05) is 0 Å². The van der Waals surface area contributed by atoms with E-state index in [-0.39, 0.29) is 23.5 Å². The predicted octanol–water partition coefficient (Wildman–Crippen LogP) is 5.81. The number of hydrogen-bond acceptors (Lipinski definition) is 5. The summed E-state index contributed by atoms with van der Waals surface area (Å²) in [6, 6.07) is 7.30. The van der Waals surface area contributed by atoms with Gasteiger partial charge in [-0.15, -0.1) is 0 Å². The summed E-state index contributed by atoms with van der Waals surface area (Å²) in [5.74, 6) is -0.341. The van der Waals surface area contributed by atoms with Crippen molar-refractivity contribution in [2.75, 3.05) is 17.8 Å². The quantitative estimate of drug-likeness (QED) is 0.203. The van der Waals surface area contributed by atoms with Crippen LogP contribution in [-0.4, -0.2) is 33.6 Å². The van der Waals surface area contributed by atoms with Crippen molar-refractivity contribution in [1.82, 2.24) is 15.2 Å². The minimum atomic E-state index is -4.13. The van der Waals surface area contributed by atoms with Crippen LogP contribution in [0.2, 0.25) is 0 Å². The molecule has 0 saturated heterocycles. The van der Waals surface area contributed by atoms with Crippen LogP contribution in [0.4, 0.5) is 8.78 Å². The molecule has 2 atom stereocenters. The molecule has 1 amide bonds. The third kappa shape index (κ3) is 6.01. The number of pyridine rings is 1. The van der Waals surface area contributed by atoms with Crippen LogP contribution in [0.5, 0.6) is 5.75 Å². The summed E-state index contributed by atoms with van der Waals surface area (Å²) in [5.41, 5.74) is 3.81. The van der Waals surface area contributed by atoms with Gasteiger partial charge in [-0.05, 0) is 25.7 Å². The van der Waals surface area contributed by atoms with Gasteiger partial charge in [0.1, 0.15) is 0 Å². The van der Waals surface area contributed by atoms with Gasteiger partial charge in [0.2, 0.25) is 0 Å². The van der Waals surface area contributed by atoms with Crippen molar-refractivity contribution < 1.29 is 21.4 Å². The fourth-order valence-corrected chi connectivity index (χ4v) is 7.77. The molecule has 39 heavy (non-hydrogen) atoms. The van der Waals surface area contributed by atoms with E-state index in [0.29, 0.717) is 37.8 Å². The maximum absolute atomic E-state index is 13.7. The molecule has 1 fully saturated rings. The van der Waals surface area contributed by atoms with Crippen molar-refractivity contribution in [3.05, 3.63) is 93.4 Å². The molecule has 1 saturated carbocycles. The van der Waals surface area contributed by atoms with Crippen LogP contribution in [-0.2, 0) is 7.86 Å². The van der Waals surface area contributed by atoms with Gasteiger partial charge in [-0.3, -0.25) is 0 Å². The summed E-state index contributed by atoms with van der Waals surface area (Å²) in [4.78, 5) is 19.7. The average Bonchev–Trinajstić information content (AvgIpc) is 3.72. The number of amides is 1. The van der Waals surface area contributed by atoms with Crippen molar-refractivity contribution in [2.24, 2.45) is 9.86 Å². The Labute approximate surface area is 230 Å². The van der Waals surface area contributed by atoms with Crippen molar-refractivity contribution >= 4 is 24.6 Å². The van der Waals surface area contributed by atoms with Gasteiger partial charge in [-0.2, -0.15) is 0 Å². The smallest absolute Gasteiger partial charge is 0.0461 e. The number of carbonyl (C=O) groups is 1. The number of fused-ring (bicyclic) bond motifs is 1. The monoisotopic (exact) mass is 648 g/mol. The number of aromatic nitrogens is 1. The van der Waals surface area contributed by atoms with Gasteiger partial charge in [-0.25, -0.2) is 0 Å². The second kappa shape index (κ2) is 11.1. The van der Waals surface area contributed by atoms with E-state index in [4.69, 9.17) is 13.7 Å². The van der Waals surface area contributed by atoms with Gasteiger partial charge in [0, 0.05) is 0 Å². The number of benzene rings is 1. The molecule has 1 aromatic carbocycles. The van der Waals surface area contributed by atoms with Crippen molar-refractivity contribution in [3.63, 3.8) is 0 Å². The second-order valence-electron chi connectivity index (χ2n) is 9.99. The van der Waals surface area contributed by atoms with Gasteiger partial charge >= 0.3 is 206 Å². The Morgan fingerprint density at radius 3 is 2.77 bits per heavy atom. The van der Waals surface area contributed by atoms with E-state index in [0.717, 1.165) is 5.70 Å². The molecule has 10 heteroatoms. The number of alkyl halides is 2. The zero-order valence-corrected chi connectivity index (χ0v) is 23.8. The molecule has 7 nitrogen and oxygen atoms in total. The molecular weight excluding hydrogens is 617 g/mol. The Kier molecular flexibility index (Phi) is 7.77. The summed E-state index contributed by atoms with van der Waals surface area (Å²) < 4.78 is 52.4. The molecular formula is C29H31F2IN4O3. The van der Waals surface area contributed by atoms with Gasteiger partial charge < -0.3 is 0 Å². The number of rotatable bonds is 9. The van der Waals surface area contributed by atoms with E-state index < -0.39 is 37.1 Å². The van der Waals surface area contributed by atoms with E-state index in [1.165, 1.54) is 30.5 Å². The van der Waals surface area contributed by atoms with Gasteiger partial charge in [0.15, 0.2) is 0 Å². The minimum Gasteiger partial charge on any atom is -0.0461 e. The van der Waals surface area contributed by atoms with E-state index in [9.17, 15) is 16.6 Å². The second-order valence-corrected chi connectivity index (χ2v) is 15.6. The number of halogens is 3. The van der Waals surface area contributed by atoms with Crippen LogP contribution in [0, 0.1) is 15.3 Å². The first kappa shape index (κ1) is 27.3. The standard InChI is InChI=1S/C29H31F2IN4O3/c1-18(20-5-6-20)15-36-16-23(4-3-19(36)2)29(37)34-14-22(11-12-30)26-13-25-28(39-17-32(25,33)38)27(35-26)21-7-9-24(31)10-8-21/h3-4,7-10,13,15-16,20,22H,2,5-6,11-12,14,17H2,1H3,(H2,33,38)(H,34,37)/b18-15+. The first-order chi connectivity index (χ1) is 18.7. The van der Waals surface area contributed by atoms with E-state index in [1.807, 2.05) is 11.1 Å². The van der Waals surface area contributed by atoms with Crippen LogP contribution in [0.1, 0.15) is 37.8 Å². The fourth-order valence-electron chi connectivity index (χ4n) is 4.57. The molecule has 206 valence electrons. The molecule has 2 unspecified atom stereocenters. The number of nitrogens with zero attached hydrogens (tertiary/aromatic N) is 2. The van der Waals surface area contributed by atoms with Crippen molar-refractivity contribution in [2.45, 2.75) is 32.1 Å². The first-order valence-electron chi connectivity index (χ1n) is 12.7. The number of hydrogen-bond donors (Lipinski definition) is 2. The van der Waals surface area contributed by atoms with Crippen LogP contribution >= 0.6 is 18.7 Å². The molecule has 3 N–H and O–H groups in total. The van der Waals surface area contributed by atoms with Crippen LogP contribution in [0.25, 0.3) is 11.3 Å². The molecule has 0 spiro atoms. The topological polar surface area (TPSA) is 97.5 Å². The normalized spacial score (nSPS) is 23.0. The van der Waals surface area contributed by atoms with Gasteiger partial charge in [0.05, 0.1) is 0 Å². The Morgan fingerprint density at radius 2 is 2.08 bits per heavy atom. The van der Waals surface area contributed by atoms with Crippen molar-refractivity contribution in [3.8, 4) is 17.0 Å². The third-order valence-electron chi connectivity index (χ3n) is 7.05. The summed E-state index contributed by atoms with van der Waals surface area (Å²) in [7, 11) is 0. The summed E-state index contributed by atoms with van der Waals surface area (Å²) in [6.45, 7) is 5.58. The van der Waals surface area contributed by atoms with Crippen molar-refractivity contribution in [1.29, 1.82) is 0 Å². The first-order valence-corrected chi connectivity index (χ1v) is 17.5. The molecule has 2 aliphatic heterocycles. The Hall–Kier alpha value is -3.25. The molecule has 1 aromatic heterocycles. The SMILES string of the molecule is C=C1C=CC(C(=O)NCC(CCF)c2cc3c(c(-c4ccc(F)cc4)n2)OCI3(N)=O)=CN1/C=C(\C)C1CC1. The Bertz CT molecular complexity index is 1450. The third-order valence-corrected chi connectivity index (χ3v) is 11.1. The van der Waals surface area contributed by atoms with Crippen LogP contribution in [0.15, 0.2) is 78.3 Å². The summed E-state index contributed by atoms with van der Waals surface area (Å²) in [5, 5.41) is 2.90. The molecule has 3 heterocycles. The zero-order valence-electron chi connectivity index (χ0n) is 21.6. The van der Waals surface area contributed by atoms with Crippen LogP contribution < -0.4 is 14.0 Å². The number of carbonyl (C=O) groups excluding carboxylic acids is 1. The summed E-state index contributed by atoms with van der Waals surface area (Å²) in [6.07, 6.45) is 9.66. The molecule has 2 aromatic rings. The van der Waals surface area contributed by atoms with E-state index in [2.05, 4.69) is 18.8 Å². The van der Waals surface area contributed by atoms with E-state index in [1.54, 1.807) is 36.6 Å². The minimum absolute atomic E-state index is 0.0828. The average molecular weight is 648 g/mol. The molecule has 0 radical (unpaired) electrons.